The highest BCUT2D eigenvalue weighted by molar-refractivity contribution is 7.91. The zero-order valence-electron chi connectivity index (χ0n) is 10.3. The third-order valence-corrected chi connectivity index (χ3v) is 5.33. The van der Waals surface area contributed by atoms with E-state index in [1.165, 1.54) is 23.8 Å². The van der Waals surface area contributed by atoms with Gasteiger partial charge in [-0.15, -0.1) is 0 Å². The van der Waals surface area contributed by atoms with Crippen LogP contribution < -0.4 is 5.73 Å². The van der Waals surface area contributed by atoms with Gasteiger partial charge in [0.15, 0.2) is 9.84 Å². The molecule has 1 aromatic rings. The predicted molar refractivity (Wildman–Crippen MR) is 69.7 cm³/mol. The summed E-state index contributed by atoms with van der Waals surface area (Å²) in [6.45, 7) is 1.67. The normalized spacial score (nSPS) is 18.8. The smallest absolute Gasteiger partial charge is 0.151 e. The number of sulfone groups is 1. The fourth-order valence-electron chi connectivity index (χ4n) is 2.34. The maximum absolute atomic E-state index is 11.5. The van der Waals surface area contributed by atoms with Gasteiger partial charge in [0.25, 0.3) is 0 Å². The van der Waals surface area contributed by atoms with E-state index in [4.69, 9.17) is 5.73 Å². The van der Waals surface area contributed by atoms with Gasteiger partial charge >= 0.3 is 0 Å². The van der Waals surface area contributed by atoms with Gasteiger partial charge in [-0.1, -0.05) is 18.2 Å². The van der Waals surface area contributed by atoms with Crippen LogP contribution in [0.1, 0.15) is 36.1 Å². The predicted octanol–water partition coefficient (Wildman–Crippen LogP) is 1.61. The maximum Gasteiger partial charge on any atom is 0.151 e. The maximum atomic E-state index is 11.5. The SMILES string of the molecule is CC(C(N)c1ccc2c(c1)CCC2)S(C)(=O)=O. The highest BCUT2D eigenvalue weighted by Crippen LogP contribution is 2.27. The standard InChI is InChI=1S/C13H19NO2S/c1-9(17(2,15)16)13(14)12-7-6-10-4-3-5-11(10)8-12/h6-9,13H,3-5,14H2,1-2H3. The number of hydrogen-bond donors (Lipinski definition) is 1. The molecule has 1 aromatic carbocycles. The Bertz CT molecular complexity index is 522. The summed E-state index contributed by atoms with van der Waals surface area (Å²) in [4.78, 5) is 0. The molecule has 0 saturated heterocycles. The summed E-state index contributed by atoms with van der Waals surface area (Å²) in [5.41, 5.74) is 9.69. The lowest BCUT2D eigenvalue weighted by molar-refractivity contribution is 0.570. The Morgan fingerprint density at radius 3 is 2.53 bits per heavy atom. The van der Waals surface area contributed by atoms with Crippen LogP contribution in [0.4, 0.5) is 0 Å². The van der Waals surface area contributed by atoms with Gasteiger partial charge in [0.2, 0.25) is 0 Å². The average Bonchev–Trinajstić information content (AvgIpc) is 2.72. The topological polar surface area (TPSA) is 60.2 Å². The molecule has 0 heterocycles. The second-order valence-electron chi connectivity index (χ2n) is 4.94. The van der Waals surface area contributed by atoms with Crippen LogP contribution in [0.3, 0.4) is 0 Å². The number of aryl methyl sites for hydroxylation is 2. The van der Waals surface area contributed by atoms with Gasteiger partial charge in [0.1, 0.15) is 0 Å². The van der Waals surface area contributed by atoms with Crippen molar-refractivity contribution in [3.63, 3.8) is 0 Å². The van der Waals surface area contributed by atoms with Crippen molar-refractivity contribution in [1.29, 1.82) is 0 Å². The lowest BCUT2D eigenvalue weighted by atomic mass is 10.00. The molecule has 1 aliphatic carbocycles. The first-order valence-electron chi connectivity index (χ1n) is 5.96. The van der Waals surface area contributed by atoms with E-state index < -0.39 is 21.1 Å². The van der Waals surface area contributed by atoms with E-state index in [-0.39, 0.29) is 0 Å². The van der Waals surface area contributed by atoms with Gasteiger partial charge in [-0.3, -0.25) is 0 Å². The Balaban J connectivity index is 2.29. The average molecular weight is 253 g/mol. The van der Waals surface area contributed by atoms with Crippen LogP contribution in [0.15, 0.2) is 18.2 Å². The fourth-order valence-corrected chi connectivity index (χ4v) is 3.03. The van der Waals surface area contributed by atoms with Crippen LogP contribution in [0, 0.1) is 0 Å². The monoisotopic (exact) mass is 253 g/mol. The molecule has 94 valence electrons. The molecule has 4 heteroatoms. The first kappa shape index (κ1) is 12.6. The van der Waals surface area contributed by atoms with Crippen LogP contribution in [0.25, 0.3) is 0 Å². The van der Waals surface area contributed by atoms with E-state index in [2.05, 4.69) is 12.1 Å². The van der Waals surface area contributed by atoms with Crippen molar-refractivity contribution < 1.29 is 8.42 Å². The Hall–Kier alpha value is -0.870. The number of rotatable bonds is 3. The molecule has 17 heavy (non-hydrogen) atoms. The minimum absolute atomic E-state index is 0.434. The Morgan fingerprint density at radius 1 is 1.24 bits per heavy atom. The van der Waals surface area contributed by atoms with E-state index in [0.29, 0.717) is 0 Å². The van der Waals surface area contributed by atoms with Crippen molar-refractivity contribution in [2.75, 3.05) is 6.26 Å². The highest BCUT2D eigenvalue weighted by atomic mass is 32.2. The number of nitrogens with two attached hydrogens (primary N) is 1. The summed E-state index contributed by atoms with van der Waals surface area (Å²) < 4.78 is 23.0. The zero-order chi connectivity index (χ0) is 12.6. The molecule has 0 fully saturated rings. The second-order valence-corrected chi connectivity index (χ2v) is 7.34. The molecule has 2 atom stereocenters. The summed E-state index contributed by atoms with van der Waals surface area (Å²) >= 11 is 0. The molecule has 2 rings (SSSR count). The van der Waals surface area contributed by atoms with E-state index in [9.17, 15) is 8.42 Å². The summed E-state index contributed by atoms with van der Waals surface area (Å²) in [7, 11) is -3.09. The summed E-state index contributed by atoms with van der Waals surface area (Å²) in [6, 6.07) is 5.70. The fraction of sp³-hybridized carbons (Fsp3) is 0.538. The lowest BCUT2D eigenvalue weighted by Crippen LogP contribution is -2.30. The van der Waals surface area contributed by atoms with E-state index >= 15 is 0 Å². The third kappa shape index (κ3) is 2.53. The van der Waals surface area contributed by atoms with E-state index in [0.717, 1.165) is 18.4 Å². The van der Waals surface area contributed by atoms with Crippen molar-refractivity contribution >= 4 is 9.84 Å². The van der Waals surface area contributed by atoms with Crippen LogP contribution in [-0.2, 0) is 22.7 Å². The molecule has 0 saturated carbocycles. The molecule has 0 aromatic heterocycles. The van der Waals surface area contributed by atoms with Crippen LogP contribution >= 0.6 is 0 Å². The van der Waals surface area contributed by atoms with Gasteiger partial charge in [-0.05, 0) is 42.9 Å². The molecular formula is C13H19NO2S. The minimum atomic E-state index is -3.09. The summed E-state index contributed by atoms with van der Waals surface area (Å²) in [5, 5.41) is -0.540. The first-order valence-corrected chi connectivity index (χ1v) is 7.91. The summed E-state index contributed by atoms with van der Waals surface area (Å²) in [6.07, 6.45) is 4.65. The minimum Gasteiger partial charge on any atom is -0.323 e. The lowest BCUT2D eigenvalue weighted by Gasteiger charge is -2.19. The molecule has 0 radical (unpaired) electrons. The molecule has 1 aliphatic rings. The zero-order valence-corrected chi connectivity index (χ0v) is 11.1. The van der Waals surface area contributed by atoms with Crippen LogP contribution in [0.5, 0.6) is 0 Å². The molecule has 3 nitrogen and oxygen atoms in total. The quantitative estimate of drug-likeness (QED) is 0.890. The second kappa shape index (κ2) is 4.42. The van der Waals surface area contributed by atoms with Crippen molar-refractivity contribution in [2.24, 2.45) is 5.73 Å². The van der Waals surface area contributed by atoms with Gasteiger partial charge in [-0.2, -0.15) is 0 Å². The van der Waals surface area contributed by atoms with Crippen molar-refractivity contribution in [2.45, 2.75) is 37.5 Å². The van der Waals surface area contributed by atoms with E-state index in [1.54, 1.807) is 6.92 Å². The molecule has 0 spiro atoms. The molecule has 0 bridgehead atoms. The number of fused-ring (bicyclic) bond motifs is 1. The molecule has 0 aliphatic heterocycles. The third-order valence-electron chi connectivity index (χ3n) is 3.69. The van der Waals surface area contributed by atoms with Crippen molar-refractivity contribution in [1.82, 2.24) is 0 Å². The highest BCUT2D eigenvalue weighted by Gasteiger charge is 2.25. The first-order chi connectivity index (χ1) is 7.89. The number of hydrogen-bond acceptors (Lipinski definition) is 3. The largest absolute Gasteiger partial charge is 0.323 e. The number of benzene rings is 1. The molecule has 2 N–H and O–H groups in total. The Labute approximate surface area is 103 Å². The Morgan fingerprint density at radius 2 is 1.88 bits per heavy atom. The van der Waals surface area contributed by atoms with E-state index in [1.807, 2.05) is 6.07 Å². The van der Waals surface area contributed by atoms with Gasteiger partial charge in [-0.25, -0.2) is 8.42 Å². The van der Waals surface area contributed by atoms with Crippen molar-refractivity contribution in [3.8, 4) is 0 Å². The summed E-state index contributed by atoms with van der Waals surface area (Å²) in [5.74, 6) is 0. The van der Waals surface area contributed by atoms with Gasteiger partial charge < -0.3 is 5.73 Å². The van der Waals surface area contributed by atoms with Crippen LogP contribution in [-0.4, -0.2) is 19.9 Å². The van der Waals surface area contributed by atoms with Crippen LogP contribution in [0.2, 0.25) is 0 Å². The van der Waals surface area contributed by atoms with Gasteiger partial charge in [0.05, 0.1) is 5.25 Å². The molecule has 2 unspecified atom stereocenters. The Kier molecular flexibility index (Phi) is 3.27. The van der Waals surface area contributed by atoms with Crippen molar-refractivity contribution in [3.05, 3.63) is 34.9 Å². The van der Waals surface area contributed by atoms with Gasteiger partial charge in [0, 0.05) is 12.3 Å². The molecular weight excluding hydrogens is 234 g/mol. The molecule has 0 amide bonds.